The predicted molar refractivity (Wildman–Crippen MR) is 157 cm³/mol. The summed E-state index contributed by atoms with van der Waals surface area (Å²) in [6.07, 6.45) is 4.72. The van der Waals surface area contributed by atoms with Gasteiger partial charge in [-0.15, -0.1) is 0 Å². The van der Waals surface area contributed by atoms with Gasteiger partial charge in [0.2, 0.25) is 5.88 Å². The van der Waals surface area contributed by atoms with Gasteiger partial charge in [-0.2, -0.15) is 5.10 Å². The molecule has 196 valence electrons. The van der Waals surface area contributed by atoms with Gasteiger partial charge in [-0.05, 0) is 49.9 Å². The molecule has 1 N–H and O–H groups in total. The Morgan fingerprint density at radius 3 is 2.51 bits per heavy atom. The molecule has 0 saturated carbocycles. The highest BCUT2D eigenvalue weighted by Crippen LogP contribution is 2.43. The Bertz CT molecular complexity index is 1830. The molecule has 5 aromatic rings. The summed E-state index contributed by atoms with van der Waals surface area (Å²) in [7, 11) is 3.26. The van der Waals surface area contributed by atoms with Gasteiger partial charge in [-0.1, -0.05) is 53.5 Å². The van der Waals surface area contributed by atoms with Crippen molar-refractivity contribution < 1.29 is 4.74 Å². The minimum absolute atomic E-state index is 0.247. The number of hydrogen-bond donors (Lipinski definition) is 1. The first-order valence-electron chi connectivity index (χ1n) is 12.6. The van der Waals surface area contributed by atoms with Gasteiger partial charge >= 0.3 is 0 Å². The monoisotopic (exact) mass is 557 g/mol. The highest BCUT2D eigenvalue weighted by atomic mass is 35.5. The second kappa shape index (κ2) is 9.98. The van der Waals surface area contributed by atoms with Crippen LogP contribution in [0.1, 0.15) is 23.2 Å². The Balaban J connectivity index is 1.44. The summed E-state index contributed by atoms with van der Waals surface area (Å²) in [5, 5.41) is 9.57. The van der Waals surface area contributed by atoms with Crippen LogP contribution in [0.3, 0.4) is 0 Å². The molecule has 3 aromatic heterocycles. The zero-order valence-electron chi connectivity index (χ0n) is 21.7. The zero-order chi connectivity index (χ0) is 27.3. The van der Waals surface area contributed by atoms with Gasteiger partial charge in [0.25, 0.3) is 5.56 Å². The average molecular weight is 558 g/mol. The van der Waals surface area contributed by atoms with Crippen molar-refractivity contribution in [1.29, 1.82) is 0 Å². The van der Waals surface area contributed by atoms with Crippen LogP contribution in [-0.2, 0) is 19.9 Å². The zero-order valence-corrected chi connectivity index (χ0v) is 23.2. The van der Waals surface area contributed by atoms with E-state index in [1.54, 1.807) is 20.4 Å². The fourth-order valence-electron chi connectivity index (χ4n) is 5.23. The van der Waals surface area contributed by atoms with E-state index in [9.17, 15) is 4.79 Å². The topological polar surface area (TPSA) is 81.9 Å². The molecule has 0 fully saturated rings. The van der Waals surface area contributed by atoms with Crippen LogP contribution < -0.4 is 15.6 Å². The first-order chi connectivity index (χ1) is 18.9. The number of aromatic nitrogens is 4. The molecule has 0 radical (unpaired) electrons. The Morgan fingerprint density at radius 1 is 0.974 bits per heavy atom. The third-order valence-electron chi connectivity index (χ3n) is 7.12. The van der Waals surface area contributed by atoms with Gasteiger partial charge in [-0.3, -0.25) is 4.79 Å². The maximum Gasteiger partial charge on any atom is 0.278 e. The lowest BCUT2D eigenvalue weighted by Crippen LogP contribution is -2.20. The maximum atomic E-state index is 12.9. The predicted octanol–water partition coefficient (Wildman–Crippen LogP) is 6.91. The van der Waals surface area contributed by atoms with E-state index in [0.29, 0.717) is 38.2 Å². The second-order valence-corrected chi connectivity index (χ2v) is 10.4. The molecule has 0 aliphatic heterocycles. The number of rotatable bonds is 5. The van der Waals surface area contributed by atoms with E-state index in [2.05, 4.69) is 21.5 Å². The number of aryl methyl sites for hydroxylation is 3. The summed E-state index contributed by atoms with van der Waals surface area (Å²) in [6.45, 7) is 1.87. The molecule has 9 heteroatoms. The number of pyridine rings is 2. The van der Waals surface area contributed by atoms with Gasteiger partial charge in [-0.25, -0.2) is 14.6 Å². The summed E-state index contributed by atoms with van der Waals surface area (Å²) in [6, 6.07) is 15.4. The molecular weight excluding hydrogens is 533 g/mol. The summed E-state index contributed by atoms with van der Waals surface area (Å²) < 4.78 is 6.89. The van der Waals surface area contributed by atoms with Crippen LogP contribution in [-0.4, -0.2) is 26.9 Å². The Labute approximate surface area is 235 Å². The van der Waals surface area contributed by atoms with Crippen molar-refractivity contribution in [1.82, 2.24) is 19.7 Å². The number of nitrogens with one attached hydrogen (secondary N) is 1. The van der Waals surface area contributed by atoms with E-state index in [-0.39, 0.29) is 5.56 Å². The summed E-state index contributed by atoms with van der Waals surface area (Å²) in [5.41, 5.74) is 6.62. The Morgan fingerprint density at radius 2 is 1.72 bits per heavy atom. The molecule has 39 heavy (non-hydrogen) atoms. The molecule has 1 aliphatic rings. The molecule has 0 bridgehead atoms. The van der Waals surface area contributed by atoms with Crippen LogP contribution in [0.25, 0.3) is 33.2 Å². The van der Waals surface area contributed by atoms with Crippen molar-refractivity contribution in [2.45, 2.75) is 26.2 Å². The Kier molecular flexibility index (Phi) is 6.49. The van der Waals surface area contributed by atoms with Crippen molar-refractivity contribution in [2.24, 2.45) is 7.05 Å². The summed E-state index contributed by atoms with van der Waals surface area (Å²) in [4.78, 5) is 22.3. The van der Waals surface area contributed by atoms with Crippen LogP contribution in [0.15, 0.2) is 59.5 Å². The SMILES string of the molecule is COc1nc(-c2cccc(-c3cccc(Nc4nc(C)cc5cnn(C)c(=O)c45)c3Cl)c2Cl)cc2c1CCC2. The van der Waals surface area contributed by atoms with Crippen molar-refractivity contribution in [3.63, 3.8) is 0 Å². The molecule has 2 aromatic carbocycles. The third kappa shape index (κ3) is 4.41. The number of ether oxygens (including phenoxy) is 1. The summed E-state index contributed by atoms with van der Waals surface area (Å²) >= 11 is 14.0. The molecule has 0 amide bonds. The van der Waals surface area contributed by atoms with Crippen LogP contribution in [0.4, 0.5) is 11.5 Å². The third-order valence-corrected chi connectivity index (χ3v) is 7.93. The molecule has 0 atom stereocenters. The quantitative estimate of drug-likeness (QED) is 0.252. The fraction of sp³-hybridized carbons (Fsp3) is 0.200. The highest BCUT2D eigenvalue weighted by molar-refractivity contribution is 6.39. The molecule has 0 saturated heterocycles. The minimum Gasteiger partial charge on any atom is -0.481 e. The van der Waals surface area contributed by atoms with Crippen LogP contribution >= 0.6 is 23.2 Å². The molecular formula is C30H25Cl2N5O2. The van der Waals surface area contributed by atoms with E-state index in [1.165, 1.54) is 15.8 Å². The molecule has 0 spiro atoms. The molecule has 3 heterocycles. The van der Waals surface area contributed by atoms with E-state index in [1.807, 2.05) is 49.4 Å². The lowest BCUT2D eigenvalue weighted by Gasteiger charge is -2.16. The first-order valence-corrected chi connectivity index (χ1v) is 13.4. The maximum absolute atomic E-state index is 12.9. The number of hydrogen-bond acceptors (Lipinski definition) is 6. The van der Waals surface area contributed by atoms with Crippen LogP contribution in [0.5, 0.6) is 5.88 Å². The van der Waals surface area contributed by atoms with Crippen molar-refractivity contribution >= 4 is 45.5 Å². The fourth-order valence-corrected chi connectivity index (χ4v) is 5.83. The number of methoxy groups -OCH3 is 1. The largest absolute Gasteiger partial charge is 0.481 e. The van der Waals surface area contributed by atoms with Gasteiger partial charge in [0.05, 0.1) is 40.1 Å². The summed E-state index contributed by atoms with van der Waals surface area (Å²) in [5.74, 6) is 1.08. The van der Waals surface area contributed by atoms with Gasteiger partial charge < -0.3 is 10.1 Å². The van der Waals surface area contributed by atoms with Gasteiger partial charge in [0.15, 0.2) is 0 Å². The van der Waals surface area contributed by atoms with Gasteiger partial charge in [0.1, 0.15) is 5.82 Å². The van der Waals surface area contributed by atoms with Crippen molar-refractivity contribution in [3.05, 3.63) is 91.9 Å². The first kappa shape index (κ1) is 25.3. The highest BCUT2D eigenvalue weighted by Gasteiger charge is 2.21. The van der Waals surface area contributed by atoms with E-state index in [0.717, 1.165) is 47.3 Å². The second-order valence-electron chi connectivity index (χ2n) is 9.62. The number of fused-ring (bicyclic) bond motifs is 2. The number of benzene rings is 2. The van der Waals surface area contributed by atoms with Crippen LogP contribution in [0.2, 0.25) is 10.0 Å². The van der Waals surface area contributed by atoms with E-state index < -0.39 is 0 Å². The number of anilines is 2. The lowest BCUT2D eigenvalue weighted by atomic mass is 9.99. The van der Waals surface area contributed by atoms with E-state index >= 15 is 0 Å². The Hall–Kier alpha value is -3.94. The molecule has 6 rings (SSSR count). The van der Waals surface area contributed by atoms with Crippen LogP contribution in [0, 0.1) is 6.92 Å². The van der Waals surface area contributed by atoms with E-state index in [4.69, 9.17) is 32.9 Å². The molecule has 7 nitrogen and oxygen atoms in total. The normalized spacial score (nSPS) is 12.5. The lowest BCUT2D eigenvalue weighted by molar-refractivity contribution is 0.394. The molecule has 0 unspecified atom stereocenters. The standard InChI is InChI=1S/C30H25Cl2N5O2/c1-16-13-18-15-33-37(2)30(38)25(18)28(34-16)35-23-12-6-10-21(27(23)32)20-9-5-11-22(26(20)31)24-14-17-7-4-8-19(17)29(36-24)39-3/h5-6,9-15H,4,7-8H2,1-3H3,(H,34,35). The number of halogens is 2. The molecule has 1 aliphatic carbocycles. The van der Waals surface area contributed by atoms with Crippen molar-refractivity contribution in [3.8, 4) is 28.3 Å². The van der Waals surface area contributed by atoms with Gasteiger partial charge in [0, 0.05) is 40.4 Å². The number of nitrogens with zero attached hydrogens (tertiary/aromatic N) is 4. The average Bonchev–Trinajstić information content (AvgIpc) is 3.40. The smallest absolute Gasteiger partial charge is 0.278 e. The van der Waals surface area contributed by atoms with Crippen molar-refractivity contribution in [2.75, 3.05) is 12.4 Å². The minimum atomic E-state index is -0.247.